The lowest BCUT2D eigenvalue weighted by Crippen LogP contribution is -2.23. The molecule has 4 rings (SSSR count). The Morgan fingerprint density at radius 1 is 1.20 bits per heavy atom. The summed E-state index contributed by atoms with van der Waals surface area (Å²) in [6.07, 6.45) is 0.330. The predicted molar refractivity (Wildman–Crippen MR) is 124 cm³/mol. The molecule has 0 atom stereocenters. The number of hydrogen-bond donors (Lipinski definition) is 2. The summed E-state index contributed by atoms with van der Waals surface area (Å²) in [5.41, 5.74) is 3.15. The Bertz CT molecular complexity index is 1220. The molecule has 0 aliphatic heterocycles. The first-order valence-corrected chi connectivity index (χ1v) is 11.6. The molecule has 9 heteroatoms. The third-order valence-electron chi connectivity index (χ3n) is 4.62. The number of benzene rings is 1. The van der Waals surface area contributed by atoms with Crippen LogP contribution in [0.4, 0.5) is 0 Å². The van der Waals surface area contributed by atoms with Crippen LogP contribution in [0.2, 0.25) is 0 Å². The van der Waals surface area contributed by atoms with Crippen LogP contribution in [0.5, 0.6) is 0 Å². The number of carbonyl (C=O) groups is 1. The lowest BCUT2D eigenvalue weighted by atomic mass is 10.1. The van der Waals surface area contributed by atoms with Crippen molar-refractivity contribution in [1.29, 1.82) is 0 Å². The van der Waals surface area contributed by atoms with Crippen LogP contribution in [0.25, 0.3) is 22.0 Å². The SMILES string of the molecule is Cc1ccc(-c2n[nH]c(=S)n2CCC(=O)NCc2ccc(-c3csc(C)n3)s2)cc1. The van der Waals surface area contributed by atoms with Gasteiger partial charge in [-0.2, -0.15) is 5.10 Å². The first-order valence-electron chi connectivity index (χ1n) is 9.50. The number of aryl methyl sites for hydroxylation is 2. The predicted octanol–water partition coefficient (Wildman–Crippen LogP) is 5.12. The highest BCUT2D eigenvalue weighted by molar-refractivity contribution is 7.71. The van der Waals surface area contributed by atoms with Crippen molar-refractivity contribution in [2.24, 2.45) is 0 Å². The molecule has 1 aromatic carbocycles. The summed E-state index contributed by atoms with van der Waals surface area (Å²) in [6, 6.07) is 12.2. The average molecular weight is 456 g/mol. The third-order valence-corrected chi connectivity index (χ3v) is 6.82. The number of rotatable bonds is 7. The molecule has 3 heterocycles. The number of nitrogens with one attached hydrogen (secondary N) is 2. The molecule has 0 spiro atoms. The molecule has 0 aliphatic carbocycles. The Balaban J connectivity index is 1.35. The van der Waals surface area contributed by atoms with Crippen molar-refractivity contribution in [1.82, 2.24) is 25.1 Å². The number of aromatic amines is 1. The number of aromatic nitrogens is 4. The van der Waals surface area contributed by atoms with Gasteiger partial charge >= 0.3 is 0 Å². The lowest BCUT2D eigenvalue weighted by Gasteiger charge is -2.08. The van der Waals surface area contributed by atoms with E-state index in [-0.39, 0.29) is 5.91 Å². The van der Waals surface area contributed by atoms with Crippen LogP contribution in [-0.4, -0.2) is 25.7 Å². The van der Waals surface area contributed by atoms with Crippen LogP contribution in [0.3, 0.4) is 0 Å². The molecule has 154 valence electrons. The molecular weight excluding hydrogens is 434 g/mol. The molecule has 2 N–H and O–H groups in total. The van der Waals surface area contributed by atoms with E-state index in [1.165, 1.54) is 5.56 Å². The Morgan fingerprint density at radius 3 is 2.73 bits per heavy atom. The van der Waals surface area contributed by atoms with Gasteiger partial charge in [0.05, 0.1) is 22.1 Å². The average Bonchev–Trinajstić information content (AvgIpc) is 3.46. The van der Waals surface area contributed by atoms with Crippen molar-refractivity contribution < 1.29 is 4.79 Å². The normalized spacial score (nSPS) is 11.0. The number of H-pyrrole nitrogens is 1. The van der Waals surface area contributed by atoms with Crippen LogP contribution >= 0.6 is 34.9 Å². The molecular formula is C21H21N5OS3. The minimum Gasteiger partial charge on any atom is -0.351 e. The fourth-order valence-corrected chi connectivity index (χ4v) is 4.84. The van der Waals surface area contributed by atoms with E-state index in [2.05, 4.69) is 31.9 Å². The van der Waals surface area contributed by atoms with Crippen molar-refractivity contribution >= 4 is 40.8 Å². The first-order chi connectivity index (χ1) is 14.5. The highest BCUT2D eigenvalue weighted by Crippen LogP contribution is 2.29. The van der Waals surface area contributed by atoms with Crippen molar-refractivity contribution in [2.75, 3.05) is 0 Å². The summed E-state index contributed by atoms with van der Waals surface area (Å²) in [5.74, 6) is 0.724. The molecule has 0 bridgehead atoms. The standard InChI is InChI=1S/C21H21N5OS3/c1-13-3-5-15(6-4-13)20-24-25-21(28)26(20)10-9-19(27)22-11-16-7-8-18(30-16)17-12-29-14(2)23-17/h3-8,12H,9-11H2,1-2H3,(H,22,27)(H,25,28). The van der Waals surface area contributed by atoms with Gasteiger partial charge in [-0.05, 0) is 38.2 Å². The number of hydrogen-bond acceptors (Lipinski definition) is 6. The molecule has 0 unspecified atom stereocenters. The van der Waals surface area contributed by atoms with E-state index in [0.717, 1.165) is 31.8 Å². The Hall–Kier alpha value is -2.62. The van der Waals surface area contributed by atoms with Crippen LogP contribution in [0.1, 0.15) is 21.9 Å². The van der Waals surface area contributed by atoms with Gasteiger partial charge in [0.25, 0.3) is 0 Å². The second kappa shape index (κ2) is 9.03. The van der Waals surface area contributed by atoms with Crippen molar-refractivity contribution in [3.63, 3.8) is 0 Å². The molecule has 0 aliphatic rings. The van der Waals surface area contributed by atoms with E-state index in [4.69, 9.17) is 12.2 Å². The summed E-state index contributed by atoms with van der Waals surface area (Å²) >= 11 is 8.65. The second-order valence-electron chi connectivity index (χ2n) is 6.91. The van der Waals surface area contributed by atoms with Gasteiger partial charge in [-0.3, -0.25) is 14.5 Å². The van der Waals surface area contributed by atoms with E-state index in [9.17, 15) is 4.79 Å². The van der Waals surface area contributed by atoms with Gasteiger partial charge in [0.1, 0.15) is 0 Å². The highest BCUT2D eigenvalue weighted by Gasteiger charge is 2.11. The molecule has 0 radical (unpaired) electrons. The third kappa shape index (κ3) is 4.75. The van der Waals surface area contributed by atoms with E-state index in [0.29, 0.717) is 24.3 Å². The summed E-state index contributed by atoms with van der Waals surface area (Å²) in [5, 5.41) is 13.3. The van der Waals surface area contributed by atoms with Crippen LogP contribution in [0.15, 0.2) is 41.8 Å². The quantitative estimate of drug-likeness (QED) is 0.380. The van der Waals surface area contributed by atoms with Crippen LogP contribution in [-0.2, 0) is 17.9 Å². The Morgan fingerprint density at radius 2 is 2.00 bits per heavy atom. The monoisotopic (exact) mass is 455 g/mol. The van der Waals surface area contributed by atoms with E-state index < -0.39 is 0 Å². The molecule has 1 amide bonds. The van der Waals surface area contributed by atoms with E-state index in [1.807, 2.05) is 48.7 Å². The maximum Gasteiger partial charge on any atom is 0.222 e. The fraction of sp³-hybridized carbons (Fsp3) is 0.238. The Kier molecular flexibility index (Phi) is 6.21. The zero-order valence-corrected chi connectivity index (χ0v) is 19.1. The summed E-state index contributed by atoms with van der Waals surface area (Å²) in [7, 11) is 0. The van der Waals surface area contributed by atoms with Gasteiger partial charge in [-0.25, -0.2) is 4.98 Å². The molecule has 3 aromatic heterocycles. The number of thiophene rings is 1. The summed E-state index contributed by atoms with van der Waals surface area (Å²) < 4.78 is 2.38. The molecule has 4 aromatic rings. The number of thiazole rings is 1. The minimum absolute atomic E-state index is 0.0209. The number of nitrogens with zero attached hydrogens (tertiary/aromatic N) is 3. The smallest absolute Gasteiger partial charge is 0.222 e. The zero-order chi connectivity index (χ0) is 21.1. The first kappa shape index (κ1) is 20.6. The van der Waals surface area contributed by atoms with Gasteiger partial charge < -0.3 is 5.32 Å². The van der Waals surface area contributed by atoms with Gasteiger partial charge in [0, 0.05) is 28.8 Å². The molecule has 0 saturated carbocycles. The number of carbonyl (C=O) groups excluding carboxylic acids is 1. The molecule has 30 heavy (non-hydrogen) atoms. The van der Waals surface area contributed by atoms with Crippen LogP contribution < -0.4 is 5.32 Å². The van der Waals surface area contributed by atoms with Gasteiger partial charge in [0.15, 0.2) is 10.6 Å². The van der Waals surface area contributed by atoms with Crippen molar-refractivity contribution in [3.8, 4) is 22.0 Å². The highest BCUT2D eigenvalue weighted by atomic mass is 32.1. The lowest BCUT2D eigenvalue weighted by molar-refractivity contribution is -0.121. The second-order valence-corrected chi connectivity index (χ2v) is 9.53. The van der Waals surface area contributed by atoms with Gasteiger partial charge in [0.2, 0.25) is 5.91 Å². The molecule has 0 saturated heterocycles. The summed E-state index contributed by atoms with van der Waals surface area (Å²) in [4.78, 5) is 19.1. The maximum atomic E-state index is 12.4. The Labute approximate surface area is 187 Å². The number of amides is 1. The maximum absolute atomic E-state index is 12.4. The van der Waals surface area contributed by atoms with Gasteiger partial charge in [-0.1, -0.05) is 29.8 Å². The van der Waals surface area contributed by atoms with Crippen molar-refractivity contribution in [3.05, 3.63) is 62.0 Å². The zero-order valence-electron chi connectivity index (χ0n) is 16.6. The van der Waals surface area contributed by atoms with Gasteiger partial charge in [-0.15, -0.1) is 22.7 Å². The van der Waals surface area contributed by atoms with Crippen molar-refractivity contribution in [2.45, 2.75) is 33.4 Å². The van der Waals surface area contributed by atoms with Crippen LogP contribution in [0, 0.1) is 18.6 Å². The summed E-state index contributed by atoms with van der Waals surface area (Å²) in [6.45, 7) is 5.02. The largest absolute Gasteiger partial charge is 0.351 e. The minimum atomic E-state index is -0.0209. The van der Waals surface area contributed by atoms with E-state index >= 15 is 0 Å². The van der Waals surface area contributed by atoms with E-state index in [1.54, 1.807) is 22.7 Å². The molecule has 6 nitrogen and oxygen atoms in total. The topological polar surface area (TPSA) is 75.6 Å². The molecule has 0 fully saturated rings. The fourth-order valence-electron chi connectivity index (χ4n) is 3.02.